The number of aryl methyl sites for hydroxylation is 2. The van der Waals surface area contributed by atoms with Crippen LogP contribution in [-0.2, 0) is 11.2 Å². The largest absolute Gasteiger partial charge is 0.394 e. The van der Waals surface area contributed by atoms with E-state index in [0.29, 0.717) is 29.9 Å². The zero-order chi connectivity index (χ0) is 15.3. The van der Waals surface area contributed by atoms with E-state index in [1.54, 1.807) is 20.8 Å². The molecule has 1 heterocycles. The standard InChI is InChI=1S/C14H23N3O3/c1-5-14(4,8-18)17-12(19)7-6-11-9(2)15-10(3)16-13(11)20/h18H,5-8H2,1-4H3,(H,17,19)(H,15,16,20). The van der Waals surface area contributed by atoms with Crippen molar-refractivity contribution in [2.24, 2.45) is 0 Å². The van der Waals surface area contributed by atoms with Crippen molar-refractivity contribution < 1.29 is 9.90 Å². The Hall–Kier alpha value is -1.69. The molecule has 6 nitrogen and oxygen atoms in total. The third-order valence-corrected chi connectivity index (χ3v) is 3.51. The van der Waals surface area contributed by atoms with Crippen LogP contribution in [0.2, 0.25) is 0 Å². The minimum atomic E-state index is -0.607. The molecule has 3 N–H and O–H groups in total. The summed E-state index contributed by atoms with van der Waals surface area (Å²) in [5.74, 6) is 0.391. The highest BCUT2D eigenvalue weighted by atomic mass is 16.3. The maximum atomic E-state index is 11.9. The number of rotatable bonds is 6. The van der Waals surface area contributed by atoms with Gasteiger partial charge in [0.25, 0.3) is 5.56 Å². The molecule has 0 aliphatic carbocycles. The molecule has 112 valence electrons. The number of aliphatic hydroxyl groups is 1. The lowest BCUT2D eigenvalue weighted by atomic mass is 9.99. The lowest BCUT2D eigenvalue weighted by molar-refractivity contribution is -0.123. The number of hydrogen-bond donors (Lipinski definition) is 3. The zero-order valence-electron chi connectivity index (χ0n) is 12.5. The van der Waals surface area contributed by atoms with Crippen molar-refractivity contribution in [1.29, 1.82) is 0 Å². The molecule has 1 aromatic rings. The van der Waals surface area contributed by atoms with Crippen LogP contribution < -0.4 is 10.9 Å². The summed E-state index contributed by atoms with van der Waals surface area (Å²) in [7, 11) is 0. The quantitative estimate of drug-likeness (QED) is 0.711. The molecule has 0 aliphatic heterocycles. The average molecular weight is 281 g/mol. The fraction of sp³-hybridized carbons (Fsp3) is 0.643. The van der Waals surface area contributed by atoms with Gasteiger partial charge in [0.1, 0.15) is 5.82 Å². The van der Waals surface area contributed by atoms with Crippen molar-refractivity contribution in [1.82, 2.24) is 15.3 Å². The van der Waals surface area contributed by atoms with Gasteiger partial charge in [0, 0.05) is 17.7 Å². The van der Waals surface area contributed by atoms with Crippen LogP contribution >= 0.6 is 0 Å². The van der Waals surface area contributed by atoms with Crippen LogP contribution in [0.4, 0.5) is 0 Å². The van der Waals surface area contributed by atoms with Crippen LogP contribution in [0.25, 0.3) is 0 Å². The molecule has 0 aromatic carbocycles. The molecular formula is C14H23N3O3. The van der Waals surface area contributed by atoms with Gasteiger partial charge in [-0.25, -0.2) is 4.98 Å². The Morgan fingerprint density at radius 1 is 1.45 bits per heavy atom. The number of carbonyl (C=O) groups excluding carboxylic acids is 1. The van der Waals surface area contributed by atoms with Crippen LogP contribution in [0.3, 0.4) is 0 Å². The van der Waals surface area contributed by atoms with E-state index in [1.807, 2.05) is 6.92 Å². The molecule has 0 spiro atoms. The Balaban J connectivity index is 2.69. The van der Waals surface area contributed by atoms with Gasteiger partial charge in [-0.1, -0.05) is 6.92 Å². The van der Waals surface area contributed by atoms with Crippen LogP contribution in [0.15, 0.2) is 4.79 Å². The SMILES string of the molecule is CCC(C)(CO)NC(=O)CCc1c(C)nc(C)[nH]c1=O. The predicted octanol–water partition coefficient (Wildman–Crippen LogP) is 0.597. The first kappa shape index (κ1) is 16.4. The van der Waals surface area contributed by atoms with Gasteiger partial charge in [-0.2, -0.15) is 0 Å². The molecule has 0 radical (unpaired) electrons. The number of hydrogen-bond acceptors (Lipinski definition) is 4. The Bertz CT molecular complexity index is 533. The summed E-state index contributed by atoms with van der Waals surface area (Å²) in [5, 5.41) is 12.1. The van der Waals surface area contributed by atoms with Crippen molar-refractivity contribution in [3.8, 4) is 0 Å². The highest BCUT2D eigenvalue weighted by Crippen LogP contribution is 2.09. The van der Waals surface area contributed by atoms with E-state index in [-0.39, 0.29) is 24.5 Å². The topological polar surface area (TPSA) is 95.1 Å². The maximum Gasteiger partial charge on any atom is 0.254 e. The summed E-state index contributed by atoms with van der Waals surface area (Å²) in [4.78, 5) is 30.5. The van der Waals surface area contributed by atoms with E-state index in [2.05, 4.69) is 15.3 Å². The summed E-state index contributed by atoms with van der Waals surface area (Å²) in [6.45, 7) is 7.06. The Morgan fingerprint density at radius 3 is 2.60 bits per heavy atom. The molecule has 0 bridgehead atoms. The number of nitrogens with zero attached hydrogens (tertiary/aromatic N) is 1. The number of aromatic amines is 1. The fourth-order valence-electron chi connectivity index (χ4n) is 1.92. The normalized spacial score (nSPS) is 13.8. The molecule has 0 fully saturated rings. The van der Waals surface area contributed by atoms with E-state index < -0.39 is 5.54 Å². The Morgan fingerprint density at radius 2 is 2.10 bits per heavy atom. The summed E-state index contributed by atoms with van der Waals surface area (Å²) in [6, 6.07) is 0. The second kappa shape index (κ2) is 6.65. The highest BCUT2D eigenvalue weighted by Gasteiger charge is 2.23. The molecule has 6 heteroatoms. The van der Waals surface area contributed by atoms with Crippen LogP contribution in [0.1, 0.15) is 43.8 Å². The van der Waals surface area contributed by atoms with Crippen LogP contribution in [0, 0.1) is 13.8 Å². The molecule has 0 saturated heterocycles. The lowest BCUT2D eigenvalue weighted by Crippen LogP contribution is -2.48. The minimum absolute atomic E-state index is 0.110. The summed E-state index contributed by atoms with van der Waals surface area (Å²) in [5.41, 5.74) is 0.389. The molecule has 1 amide bonds. The molecule has 20 heavy (non-hydrogen) atoms. The third-order valence-electron chi connectivity index (χ3n) is 3.51. The van der Waals surface area contributed by atoms with E-state index in [9.17, 15) is 14.7 Å². The molecule has 0 saturated carbocycles. The van der Waals surface area contributed by atoms with Crippen LogP contribution in [0.5, 0.6) is 0 Å². The molecule has 1 rings (SSSR count). The monoisotopic (exact) mass is 281 g/mol. The smallest absolute Gasteiger partial charge is 0.254 e. The minimum Gasteiger partial charge on any atom is -0.394 e. The van der Waals surface area contributed by atoms with Gasteiger partial charge in [0.05, 0.1) is 12.1 Å². The average Bonchev–Trinajstić information content (AvgIpc) is 2.37. The second-order valence-corrected chi connectivity index (χ2v) is 5.34. The number of aromatic nitrogens is 2. The molecule has 1 unspecified atom stereocenters. The first-order valence-electron chi connectivity index (χ1n) is 6.79. The lowest BCUT2D eigenvalue weighted by Gasteiger charge is -2.27. The predicted molar refractivity (Wildman–Crippen MR) is 76.6 cm³/mol. The van der Waals surface area contributed by atoms with Gasteiger partial charge < -0.3 is 15.4 Å². The summed E-state index contributed by atoms with van der Waals surface area (Å²) in [6.07, 6.45) is 1.18. The molecule has 0 aliphatic rings. The summed E-state index contributed by atoms with van der Waals surface area (Å²) < 4.78 is 0. The molecule has 1 aromatic heterocycles. The van der Waals surface area contributed by atoms with Crippen molar-refractivity contribution in [2.75, 3.05) is 6.61 Å². The van der Waals surface area contributed by atoms with Crippen LogP contribution in [-0.4, -0.2) is 33.1 Å². The second-order valence-electron chi connectivity index (χ2n) is 5.34. The van der Waals surface area contributed by atoms with Gasteiger partial charge in [0.15, 0.2) is 0 Å². The van der Waals surface area contributed by atoms with Gasteiger partial charge >= 0.3 is 0 Å². The third kappa shape index (κ3) is 4.16. The number of H-pyrrole nitrogens is 1. The van der Waals surface area contributed by atoms with Gasteiger partial charge in [-0.05, 0) is 33.6 Å². The van der Waals surface area contributed by atoms with Crippen molar-refractivity contribution in [3.05, 3.63) is 27.4 Å². The Kier molecular flexibility index (Phi) is 5.44. The van der Waals surface area contributed by atoms with Crippen molar-refractivity contribution in [3.63, 3.8) is 0 Å². The maximum absolute atomic E-state index is 11.9. The number of carbonyl (C=O) groups is 1. The van der Waals surface area contributed by atoms with E-state index in [4.69, 9.17) is 0 Å². The first-order valence-corrected chi connectivity index (χ1v) is 6.79. The van der Waals surface area contributed by atoms with Gasteiger partial charge in [-0.3, -0.25) is 9.59 Å². The zero-order valence-corrected chi connectivity index (χ0v) is 12.5. The molecule has 1 atom stereocenters. The molecular weight excluding hydrogens is 258 g/mol. The van der Waals surface area contributed by atoms with Gasteiger partial charge in [0.2, 0.25) is 5.91 Å². The summed E-state index contributed by atoms with van der Waals surface area (Å²) >= 11 is 0. The number of nitrogens with one attached hydrogen (secondary N) is 2. The van der Waals surface area contributed by atoms with Crippen molar-refractivity contribution >= 4 is 5.91 Å². The Labute approximate surface area is 118 Å². The van der Waals surface area contributed by atoms with Crippen molar-refractivity contribution in [2.45, 2.75) is 52.5 Å². The first-order chi connectivity index (χ1) is 9.31. The van der Waals surface area contributed by atoms with E-state index in [0.717, 1.165) is 0 Å². The fourth-order valence-corrected chi connectivity index (χ4v) is 1.92. The van der Waals surface area contributed by atoms with E-state index in [1.165, 1.54) is 0 Å². The van der Waals surface area contributed by atoms with Gasteiger partial charge in [-0.15, -0.1) is 0 Å². The number of aliphatic hydroxyl groups excluding tert-OH is 1. The number of amides is 1. The highest BCUT2D eigenvalue weighted by molar-refractivity contribution is 5.77. The van der Waals surface area contributed by atoms with E-state index >= 15 is 0 Å².